The minimum absolute atomic E-state index is 0.00265. The summed E-state index contributed by atoms with van der Waals surface area (Å²) in [5.41, 5.74) is 0. The van der Waals surface area contributed by atoms with E-state index in [1.807, 2.05) is 6.92 Å². The third-order valence-electron chi connectivity index (χ3n) is 3.74. The van der Waals surface area contributed by atoms with Gasteiger partial charge in [-0.2, -0.15) is 0 Å². The lowest BCUT2D eigenvalue weighted by Gasteiger charge is -2.30. The van der Waals surface area contributed by atoms with Crippen LogP contribution < -0.4 is 10.6 Å². The summed E-state index contributed by atoms with van der Waals surface area (Å²) in [6.45, 7) is 3.04. The molecule has 0 spiro atoms. The topological polar surface area (TPSA) is 98.7 Å². The summed E-state index contributed by atoms with van der Waals surface area (Å²) in [5, 5.41) is 14.2. The SMILES string of the molecule is CC(CCNC(=O)NC1CCC(=O)N(C)C1)CCC(=O)O. The van der Waals surface area contributed by atoms with Gasteiger partial charge in [-0.3, -0.25) is 9.59 Å². The molecule has 1 heterocycles. The number of carboxylic acid groups (broad SMARTS) is 1. The third kappa shape index (κ3) is 6.97. The lowest BCUT2D eigenvalue weighted by Crippen LogP contribution is -2.51. The van der Waals surface area contributed by atoms with E-state index in [4.69, 9.17) is 5.11 Å². The van der Waals surface area contributed by atoms with Crippen LogP contribution in [0.5, 0.6) is 0 Å². The van der Waals surface area contributed by atoms with Crippen molar-refractivity contribution >= 4 is 17.9 Å². The van der Waals surface area contributed by atoms with E-state index in [1.54, 1.807) is 11.9 Å². The first-order valence-corrected chi connectivity index (χ1v) is 7.38. The molecule has 21 heavy (non-hydrogen) atoms. The van der Waals surface area contributed by atoms with E-state index >= 15 is 0 Å². The van der Waals surface area contributed by atoms with Gasteiger partial charge in [0.1, 0.15) is 0 Å². The van der Waals surface area contributed by atoms with Gasteiger partial charge >= 0.3 is 12.0 Å². The van der Waals surface area contributed by atoms with Crippen LogP contribution in [0, 0.1) is 5.92 Å². The fourth-order valence-electron chi connectivity index (χ4n) is 2.31. The van der Waals surface area contributed by atoms with Crippen LogP contribution in [-0.2, 0) is 9.59 Å². The van der Waals surface area contributed by atoms with E-state index in [0.29, 0.717) is 32.4 Å². The Morgan fingerprint density at radius 1 is 1.43 bits per heavy atom. The maximum atomic E-state index is 11.7. The average Bonchev–Trinajstić information content (AvgIpc) is 2.40. The first-order chi connectivity index (χ1) is 9.88. The number of hydrogen-bond acceptors (Lipinski definition) is 3. The Bertz CT molecular complexity index is 386. The molecule has 1 rings (SSSR count). The molecule has 3 N–H and O–H groups in total. The van der Waals surface area contributed by atoms with Gasteiger partial charge in [-0.05, 0) is 25.2 Å². The number of urea groups is 1. The first kappa shape index (κ1) is 17.3. The first-order valence-electron chi connectivity index (χ1n) is 7.38. The van der Waals surface area contributed by atoms with E-state index in [1.165, 1.54) is 0 Å². The number of aliphatic carboxylic acids is 1. The molecule has 3 amide bonds. The molecule has 120 valence electrons. The molecule has 7 nitrogen and oxygen atoms in total. The Labute approximate surface area is 125 Å². The predicted molar refractivity (Wildman–Crippen MR) is 77.8 cm³/mol. The van der Waals surface area contributed by atoms with Gasteiger partial charge in [0.25, 0.3) is 0 Å². The normalized spacial score (nSPS) is 20.0. The summed E-state index contributed by atoms with van der Waals surface area (Å²) >= 11 is 0. The Hall–Kier alpha value is -1.79. The van der Waals surface area contributed by atoms with Crippen LogP contribution in [0.4, 0.5) is 4.79 Å². The smallest absolute Gasteiger partial charge is 0.315 e. The van der Waals surface area contributed by atoms with Crippen LogP contribution in [0.3, 0.4) is 0 Å². The van der Waals surface area contributed by atoms with Crippen LogP contribution in [0.1, 0.15) is 39.0 Å². The van der Waals surface area contributed by atoms with Crippen molar-refractivity contribution in [1.29, 1.82) is 0 Å². The zero-order valence-electron chi connectivity index (χ0n) is 12.7. The number of amides is 3. The molecular formula is C14H25N3O4. The number of nitrogens with zero attached hydrogens (tertiary/aromatic N) is 1. The molecule has 1 aliphatic heterocycles. The average molecular weight is 299 g/mol. The summed E-state index contributed by atoms with van der Waals surface area (Å²) in [4.78, 5) is 35.1. The minimum atomic E-state index is -0.788. The van der Waals surface area contributed by atoms with Gasteiger partial charge in [-0.25, -0.2) is 4.79 Å². The highest BCUT2D eigenvalue weighted by Gasteiger charge is 2.23. The Kier molecular flexibility index (Phi) is 6.98. The lowest BCUT2D eigenvalue weighted by molar-refractivity contribution is -0.137. The number of likely N-dealkylation sites (N-methyl/N-ethyl adjacent to an activating group) is 1. The van der Waals surface area contributed by atoms with Crippen LogP contribution in [0.2, 0.25) is 0 Å². The molecule has 2 atom stereocenters. The largest absolute Gasteiger partial charge is 0.481 e. The second kappa shape index (κ2) is 8.49. The number of hydrogen-bond donors (Lipinski definition) is 3. The van der Waals surface area contributed by atoms with E-state index in [9.17, 15) is 14.4 Å². The summed E-state index contributed by atoms with van der Waals surface area (Å²) in [6.07, 6.45) is 2.67. The highest BCUT2D eigenvalue weighted by molar-refractivity contribution is 5.78. The summed E-state index contributed by atoms with van der Waals surface area (Å²) in [6, 6.07) is -0.231. The number of carbonyl (C=O) groups excluding carboxylic acids is 2. The zero-order chi connectivity index (χ0) is 15.8. The second-order valence-corrected chi connectivity index (χ2v) is 5.74. The maximum absolute atomic E-state index is 11.7. The molecule has 0 aromatic heterocycles. The summed E-state index contributed by atoms with van der Waals surface area (Å²) < 4.78 is 0. The van der Waals surface area contributed by atoms with Crippen molar-refractivity contribution in [3.8, 4) is 0 Å². The van der Waals surface area contributed by atoms with E-state index in [2.05, 4.69) is 10.6 Å². The predicted octanol–water partition coefficient (Wildman–Crippen LogP) is 0.797. The van der Waals surface area contributed by atoms with Gasteiger partial charge < -0.3 is 20.6 Å². The molecule has 0 aromatic carbocycles. The molecule has 0 saturated carbocycles. The van der Waals surface area contributed by atoms with Gasteiger partial charge in [0.15, 0.2) is 0 Å². The van der Waals surface area contributed by atoms with Crippen molar-refractivity contribution in [3.05, 3.63) is 0 Å². The molecule has 1 saturated heterocycles. The third-order valence-corrected chi connectivity index (χ3v) is 3.74. The van der Waals surface area contributed by atoms with Crippen molar-refractivity contribution < 1.29 is 19.5 Å². The minimum Gasteiger partial charge on any atom is -0.481 e. The fraction of sp³-hybridized carbons (Fsp3) is 0.786. The molecule has 7 heteroatoms. The van der Waals surface area contributed by atoms with Crippen molar-refractivity contribution in [2.45, 2.75) is 45.1 Å². The number of likely N-dealkylation sites (tertiary alicyclic amines) is 1. The number of rotatable bonds is 7. The molecule has 0 radical (unpaired) electrons. The standard InChI is InChI=1S/C14H25N3O4/c1-10(3-6-13(19)20)7-8-15-14(21)16-11-4-5-12(18)17(2)9-11/h10-11H,3-9H2,1-2H3,(H,19,20)(H2,15,16,21). The number of nitrogens with one attached hydrogen (secondary N) is 2. The van der Waals surface area contributed by atoms with Gasteiger partial charge in [-0.15, -0.1) is 0 Å². The van der Waals surface area contributed by atoms with Gasteiger partial charge in [0.2, 0.25) is 5.91 Å². The van der Waals surface area contributed by atoms with Crippen LogP contribution in [0.25, 0.3) is 0 Å². The molecule has 1 aliphatic rings. The van der Waals surface area contributed by atoms with Crippen LogP contribution >= 0.6 is 0 Å². The van der Waals surface area contributed by atoms with Crippen molar-refractivity contribution in [2.24, 2.45) is 5.92 Å². The Balaban J connectivity index is 2.14. The Morgan fingerprint density at radius 2 is 2.14 bits per heavy atom. The van der Waals surface area contributed by atoms with Gasteiger partial charge in [-0.1, -0.05) is 6.92 Å². The van der Waals surface area contributed by atoms with Crippen LogP contribution in [-0.4, -0.2) is 54.1 Å². The number of carbonyl (C=O) groups is 3. The van der Waals surface area contributed by atoms with Crippen molar-refractivity contribution in [1.82, 2.24) is 15.5 Å². The van der Waals surface area contributed by atoms with Gasteiger partial charge in [0, 0.05) is 39.0 Å². The van der Waals surface area contributed by atoms with E-state index < -0.39 is 5.97 Å². The lowest BCUT2D eigenvalue weighted by atomic mass is 10.0. The van der Waals surface area contributed by atoms with Crippen molar-refractivity contribution in [2.75, 3.05) is 20.1 Å². The molecular weight excluding hydrogens is 274 g/mol. The molecule has 0 aliphatic carbocycles. The number of carboxylic acids is 1. The highest BCUT2D eigenvalue weighted by atomic mass is 16.4. The highest BCUT2D eigenvalue weighted by Crippen LogP contribution is 2.10. The Morgan fingerprint density at radius 3 is 2.76 bits per heavy atom. The monoisotopic (exact) mass is 299 g/mol. The molecule has 1 fully saturated rings. The van der Waals surface area contributed by atoms with E-state index in [-0.39, 0.29) is 30.3 Å². The molecule has 2 unspecified atom stereocenters. The molecule has 0 bridgehead atoms. The fourth-order valence-corrected chi connectivity index (χ4v) is 2.31. The van der Waals surface area contributed by atoms with E-state index in [0.717, 1.165) is 6.42 Å². The number of piperidine rings is 1. The summed E-state index contributed by atoms with van der Waals surface area (Å²) in [7, 11) is 1.73. The summed E-state index contributed by atoms with van der Waals surface area (Å²) in [5.74, 6) is -0.413. The van der Waals surface area contributed by atoms with Crippen molar-refractivity contribution in [3.63, 3.8) is 0 Å². The zero-order valence-corrected chi connectivity index (χ0v) is 12.7. The van der Waals surface area contributed by atoms with Gasteiger partial charge in [0.05, 0.1) is 0 Å². The van der Waals surface area contributed by atoms with Crippen LogP contribution in [0.15, 0.2) is 0 Å². The maximum Gasteiger partial charge on any atom is 0.315 e. The molecule has 0 aromatic rings. The second-order valence-electron chi connectivity index (χ2n) is 5.74. The quantitative estimate of drug-likeness (QED) is 0.647.